The third-order valence-electron chi connectivity index (χ3n) is 3.49. The van der Waals surface area contributed by atoms with E-state index in [1.54, 1.807) is 26.3 Å². The van der Waals surface area contributed by atoms with Crippen molar-refractivity contribution in [1.29, 1.82) is 0 Å². The molecule has 4 nitrogen and oxygen atoms in total. The van der Waals surface area contributed by atoms with E-state index in [0.29, 0.717) is 9.96 Å². The average molecular weight is 333 g/mol. The maximum atomic E-state index is 12.0. The summed E-state index contributed by atoms with van der Waals surface area (Å²) in [6.07, 6.45) is 1.72. The second-order valence-corrected chi connectivity index (χ2v) is 8.33. The molecule has 3 aromatic rings. The van der Waals surface area contributed by atoms with Gasteiger partial charge < -0.3 is 4.74 Å². The third-order valence-corrected chi connectivity index (χ3v) is 6.92. The van der Waals surface area contributed by atoms with Gasteiger partial charge in [-0.05, 0) is 30.3 Å². The number of benzene rings is 1. The molecule has 0 saturated heterocycles. The highest BCUT2D eigenvalue weighted by atomic mass is 32.2. The lowest BCUT2D eigenvalue weighted by molar-refractivity contribution is 0.419. The molecule has 22 heavy (non-hydrogen) atoms. The van der Waals surface area contributed by atoms with E-state index in [-0.39, 0.29) is 5.75 Å². The van der Waals surface area contributed by atoms with E-state index < -0.39 is 9.84 Å². The van der Waals surface area contributed by atoms with Crippen molar-refractivity contribution in [2.24, 2.45) is 0 Å². The second kappa shape index (κ2) is 5.70. The Hall–Kier alpha value is -1.92. The monoisotopic (exact) mass is 333 g/mol. The van der Waals surface area contributed by atoms with Crippen LogP contribution in [0, 0.1) is 0 Å². The van der Waals surface area contributed by atoms with E-state index in [9.17, 15) is 8.42 Å². The van der Waals surface area contributed by atoms with Gasteiger partial charge in [-0.3, -0.25) is 4.98 Å². The molecule has 1 aromatic carbocycles. The van der Waals surface area contributed by atoms with Crippen LogP contribution in [0.5, 0.6) is 5.75 Å². The largest absolute Gasteiger partial charge is 0.494 e. The Morgan fingerprint density at radius 2 is 2.00 bits per heavy atom. The van der Waals surface area contributed by atoms with Crippen LogP contribution in [-0.2, 0) is 9.84 Å². The Bertz CT molecular complexity index is 929. The van der Waals surface area contributed by atoms with Crippen molar-refractivity contribution >= 4 is 32.1 Å². The summed E-state index contributed by atoms with van der Waals surface area (Å²) in [5.41, 5.74) is 1.74. The van der Waals surface area contributed by atoms with Gasteiger partial charge in [0, 0.05) is 22.0 Å². The summed E-state index contributed by atoms with van der Waals surface area (Å²) in [7, 11) is -1.56. The summed E-state index contributed by atoms with van der Waals surface area (Å²) in [4.78, 5) is 5.28. The normalized spacial score (nSPS) is 11.7. The van der Waals surface area contributed by atoms with Crippen LogP contribution in [0.2, 0.25) is 0 Å². The first-order valence-electron chi connectivity index (χ1n) is 6.81. The summed E-state index contributed by atoms with van der Waals surface area (Å²) >= 11 is 1.29. The van der Waals surface area contributed by atoms with Crippen LogP contribution in [0.15, 0.2) is 46.8 Å². The van der Waals surface area contributed by atoms with Gasteiger partial charge in [0.25, 0.3) is 0 Å². The van der Waals surface area contributed by atoms with E-state index >= 15 is 0 Å². The molecule has 0 unspecified atom stereocenters. The summed E-state index contributed by atoms with van der Waals surface area (Å²) in [6, 6.07) is 11.2. The number of hydrogen-bond donors (Lipinski definition) is 0. The minimum atomic E-state index is -3.17. The molecule has 0 radical (unpaired) electrons. The van der Waals surface area contributed by atoms with Crippen molar-refractivity contribution in [1.82, 2.24) is 4.98 Å². The number of hydrogen-bond acceptors (Lipinski definition) is 5. The van der Waals surface area contributed by atoms with Crippen LogP contribution >= 0.6 is 11.3 Å². The molecular formula is C16H15NO3S2. The summed E-state index contributed by atoms with van der Waals surface area (Å²) in [6.45, 7) is 1.65. The molecule has 0 saturated carbocycles. The van der Waals surface area contributed by atoms with Gasteiger partial charge in [-0.25, -0.2) is 8.42 Å². The molecule has 0 aliphatic heterocycles. The molecule has 0 bridgehead atoms. The maximum absolute atomic E-state index is 12.0. The maximum Gasteiger partial charge on any atom is 0.187 e. The van der Waals surface area contributed by atoms with Crippen LogP contribution in [0.1, 0.15) is 6.92 Å². The topological polar surface area (TPSA) is 56.3 Å². The molecule has 2 heterocycles. The number of thiophene rings is 1. The molecule has 0 aliphatic rings. The number of sulfone groups is 1. The van der Waals surface area contributed by atoms with Crippen LogP contribution in [0.25, 0.3) is 21.3 Å². The van der Waals surface area contributed by atoms with E-state index in [0.717, 1.165) is 21.3 Å². The first-order valence-corrected chi connectivity index (χ1v) is 9.28. The fourth-order valence-electron chi connectivity index (χ4n) is 2.30. The Kier molecular flexibility index (Phi) is 3.88. The number of rotatable bonds is 4. The van der Waals surface area contributed by atoms with Gasteiger partial charge in [-0.15, -0.1) is 11.3 Å². The standard InChI is InChI=1S/C16H15NO3S2/c1-3-22(18,19)15-9-8-14(21-15)11-6-7-13(20-2)16-12(11)5-4-10-17-16/h4-10H,3H2,1-2H3. The van der Waals surface area contributed by atoms with Crippen LogP contribution in [0.3, 0.4) is 0 Å². The third kappa shape index (κ3) is 2.48. The highest BCUT2D eigenvalue weighted by Gasteiger charge is 2.17. The van der Waals surface area contributed by atoms with Crippen molar-refractivity contribution in [3.63, 3.8) is 0 Å². The second-order valence-electron chi connectivity index (χ2n) is 4.74. The lowest BCUT2D eigenvalue weighted by Crippen LogP contribution is -2.00. The number of ether oxygens (including phenoxy) is 1. The van der Waals surface area contributed by atoms with E-state index in [2.05, 4.69) is 4.98 Å². The predicted octanol–water partition coefficient (Wildman–Crippen LogP) is 3.77. The fourth-order valence-corrected chi connectivity index (χ4v) is 4.77. The molecule has 2 aromatic heterocycles. The lowest BCUT2D eigenvalue weighted by atomic mass is 10.1. The molecule has 0 aliphatic carbocycles. The summed E-state index contributed by atoms with van der Waals surface area (Å²) < 4.78 is 29.7. The minimum Gasteiger partial charge on any atom is -0.494 e. The zero-order valence-corrected chi connectivity index (χ0v) is 13.9. The molecule has 0 N–H and O–H groups in total. The number of fused-ring (bicyclic) bond motifs is 1. The first-order chi connectivity index (χ1) is 10.6. The van der Waals surface area contributed by atoms with Crippen molar-refractivity contribution < 1.29 is 13.2 Å². The van der Waals surface area contributed by atoms with Crippen molar-refractivity contribution in [3.8, 4) is 16.2 Å². The first kappa shape index (κ1) is 15.0. The number of pyridine rings is 1. The van der Waals surface area contributed by atoms with Crippen LogP contribution in [0.4, 0.5) is 0 Å². The van der Waals surface area contributed by atoms with Gasteiger partial charge in [0.1, 0.15) is 15.5 Å². The average Bonchev–Trinajstić information content (AvgIpc) is 3.04. The Morgan fingerprint density at radius 3 is 2.73 bits per heavy atom. The Labute approximate surface area is 133 Å². The summed E-state index contributed by atoms with van der Waals surface area (Å²) in [5, 5.41) is 0.948. The fraction of sp³-hybridized carbons (Fsp3) is 0.188. The van der Waals surface area contributed by atoms with Crippen molar-refractivity contribution in [2.75, 3.05) is 12.9 Å². The van der Waals surface area contributed by atoms with Gasteiger partial charge in [-0.2, -0.15) is 0 Å². The van der Waals surface area contributed by atoms with Crippen molar-refractivity contribution in [2.45, 2.75) is 11.1 Å². The van der Waals surface area contributed by atoms with Crippen LogP contribution in [-0.4, -0.2) is 26.3 Å². The zero-order chi connectivity index (χ0) is 15.7. The number of methoxy groups -OCH3 is 1. The van der Waals surface area contributed by atoms with E-state index in [1.165, 1.54) is 11.3 Å². The smallest absolute Gasteiger partial charge is 0.187 e. The molecular weight excluding hydrogens is 318 g/mol. The van der Waals surface area contributed by atoms with Gasteiger partial charge >= 0.3 is 0 Å². The number of aromatic nitrogens is 1. The molecule has 6 heteroatoms. The molecule has 0 atom stereocenters. The summed E-state index contributed by atoms with van der Waals surface area (Å²) in [5.74, 6) is 0.815. The molecule has 0 fully saturated rings. The van der Waals surface area contributed by atoms with Gasteiger partial charge in [-0.1, -0.05) is 13.0 Å². The van der Waals surface area contributed by atoms with Gasteiger partial charge in [0.2, 0.25) is 0 Å². The van der Waals surface area contributed by atoms with Crippen molar-refractivity contribution in [3.05, 3.63) is 42.6 Å². The van der Waals surface area contributed by atoms with Gasteiger partial charge in [0.05, 0.1) is 12.9 Å². The molecule has 0 amide bonds. The predicted molar refractivity (Wildman–Crippen MR) is 89.3 cm³/mol. The molecule has 114 valence electrons. The lowest BCUT2D eigenvalue weighted by Gasteiger charge is -2.08. The number of nitrogens with zero attached hydrogens (tertiary/aromatic N) is 1. The molecule has 3 rings (SSSR count). The highest BCUT2D eigenvalue weighted by molar-refractivity contribution is 7.93. The Morgan fingerprint density at radius 1 is 1.18 bits per heavy atom. The SMILES string of the molecule is CCS(=O)(=O)c1ccc(-c2ccc(OC)c3ncccc23)s1. The minimum absolute atomic E-state index is 0.109. The quantitative estimate of drug-likeness (QED) is 0.729. The van der Waals surface area contributed by atoms with E-state index in [1.807, 2.05) is 30.3 Å². The highest BCUT2D eigenvalue weighted by Crippen LogP contribution is 2.37. The van der Waals surface area contributed by atoms with E-state index in [4.69, 9.17) is 4.74 Å². The van der Waals surface area contributed by atoms with Gasteiger partial charge in [0.15, 0.2) is 9.84 Å². The molecule has 0 spiro atoms. The van der Waals surface area contributed by atoms with Crippen LogP contribution < -0.4 is 4.74 Å². The Balaban J connectivity index is 2.20. The zero-order valence-electron chi connectivity index (χ0n) is 12.2.